The van der Waals surface area contributed by atoms with Crippen LogP contribution < -0.4 is 5.73 Å². The highest BCUT2D eigenvalue weighted by molar-refractivity contribution is 6.25. The van der Waals surface area contributed by atoms with E-state index in [2.05, 4.69) is 0 Å². The first kappa shape index (κ1) is 13.8. The molecule has 101 valence electrons. The number of hydrogen-bond acceptors (Lipinski definition) is 4. The zero-order valence-corrected chi connectivity index (χ0v) is 10.5. The lowest BCUT2D eigenvalue weighted by Gasteiger charge is -2.30. The molecular weight excluding hydrogens is 233 g/mol. The van der Waals surface area contributed by atoms with E-state index in [0.717, 1.165) is 13.9 Å². The molecule has 0 aliphatic heterocycles. The zero-order chi connectivity index (χ0) is 13.3. The van der Waals surface area contributed by atoms with Crippen molar-refractivity contribution in [1.82, 2.24) is 0 Å². The van der Waals surface area contributed by atoms with Crippen molar-refractivity contribution in [2.24, 2.45) is 23.5 Å². The van der Waals surface area contributed by atoms with Crippen LogP contribution in [-0.2, 0) is 4.79 Å². The van der Waals surface area contributed by atoms with Crippen molar-refractivity contribution in [2.45, 2.75) is 50.1 Å². The van der Waals surface area contributed by atoms with Gasteiger partial charge in [-0.15, -0.1) is 0 Å². The van der Waals surface area contributed by atoms with Gasteiger partial charge in [0.15, 0.2) is 0 Å². The number of carboxylic acid groups (broad SMARTS) is 1. The van der Waals surface area contributed by atoms with Crippen LogP contribution in [0, 0.1) is 17.8 Å². The van der Waals surface area contributed by atoms with Gasteiger partial charge in [0.1, 0.15) is 5.54 Å². The van der Waals surface area contributed by atoms with Crippen LogP contribution in [0.1, 0.15) is 32.1 Å². The minimum atomic E-state index is -1.15. The van der Waals surface area contributed by atoms with Crippen LogP contribution in [0.3, 0.4) is 0 Å². The summed E-state index contributed by atoms with van der Waals surface area (Å²) < 4.78 is 0. The van der Waals surface area contributed by atoms with Crippen molar-refractivity contribution < 1.29 is 20.0 Å². The van der Waals surface area contributed by atoms with Gasteiger partial charge in [0.2, 0.25) is 0 Å². The number of hydrogen-bond donors (Lipinski definition) is 4. The molecule has 0 amide bonds. The van der Waals surface area contributed by atoms with E-state index in [1.54, 1.807) is 0 Å². The number of aliphatic hydroxyl groups is 1. The van der Waals surface area contributed by atoms with E-state index in [1.165, 1.54) is 0 Å². The zero-order valence-electron chi connectivity index (χ0n) is 10.5. The molecule has 5 atom stereocenters. The maximum atomic E-state index is 11.4. The van der Waals surface area contributed by atoms with Crippen LogP contribution >= 0.6 is 0 Å². The first-order valence-electron chi connectivity index (χ1n) is 6.65. The van der Waals surface area contributed by atoms with E-state index in [1.807, 2.05) is 0 Å². The maximum absolute atomic E-state index is 11.4. The molecule has 18 heavy (non-hydrogen) atoms. The van der Waals surface area contributed by atoms with Gasteiger partial charge >= 0.3 is 5.97 Å². The highest BCUT2D eigenvalue weighted by Crippen LogP contribution is 2.53. The number of fused-ring (bicyclic) bond motifs is 1. The predicted octanol–water partition coefficient (Wildman–Crippen LogP) is -0.0145. The van der Waals surface area contributed by atoms with Gasteiger partial charge in [-0.05, 0) is 43.4 Å². The Balaban J connectivity index is 2.10. The molecule has 0 aromatic heterocycles. The minimum absolute atomic E-state index is 0.0860. The molecule has 2 aliphatic carbocycles. The average Bonchev–Trinajstić information content (AvgIpc) is 2.75. The average molecular weight is 254 g/mol. The SMILES string of the molecule is N[C@@]1(C(=O)O)C[C@H]2C[C@H](O)C[C@H]2[C@@H]1CCC[B]O. The summed E-state index contributed by atoms with van der Waals surface area (Å²) in [5, 5.41) is 27.8. The normalized spacial score (nSPS) is 42.8. The lowest BCUT2D eigenvalue weighted by atomic mass is 9.77. The molecule has 0 unspecified atom stereocenters. The number of nitrogens with two attached hydrogens (primary N) is 1. The van der Waals surface area contributed by atoms with Crippen molar-refractivity contribution >= 4 is 13.5 Å². The molecule has 0 heterocycles. The summed E-state index contributed by atoms with van der Waals surface area (Å²) in [5.74, 6) is -0.550. The van der Waals surface area contributed by atoms with Crippen LogP contribution in [0.15, 0.2) is 0 Å². The molecule has 2 aliphatic rings. The van der Waals surface area contributed by atoms with Gasteiger partial charge in [-0.3, -0.25) is 4.79 Å². The summed E-state index contributed by atoms with van der Waals surface area (Å²) in [6.45, 7) is 0. The quantitative estimate of drug-likeness (QED) is 0.408. The van der Waals surface area contributed by atoms with Crippen LogP contribution in [0.25, 0.3) is 0 Å². The Morgan fingerprint density at radius 1 is 1.44 bits per heavy atom. The predicted molar refractivity (Wildman–Crippen MR) is 66.9 cm³/mol. The second-order valence-corrected chi connectivity index (χ2v) is 5.82. The fourth-order valence-corrected chi connectivity index (χ4v) is 3.97. The third-order valence-electron chi connectivity index (χ3n) is 4.75. The first-order valence-corrected chi connectivity index (χ1v) is 6.65. The Bertz CT molecular complexity index is 327. The molecule has 0 aromatic rings. The molecule has 0 bridgehead atoms. The third kappa shape index (κ3) is 2.29. The maximum Gasteiger partial charge on any atom is 0.323 e. The molecule has 0 aromatic carbocycles. The lowest BCUT2D eigenvalue weighted by molar-refractivity contribution is -0.145. The van der Waals surface area contributed by atoms with Crippen LogP contribution in [-0.4, -0.2) is 40.3 Å². The van der Waals surface area contributed by atoms with E-state index >= 15 is 0 Å². The molecule has 5 nitrogen and oxygen atoms in total. The van der Waals surface area contributed by atoms with Gasteiger partial charge in [0.25, 0.3) is 7.48 Å². The second-order valence-electron chi connectivity index (χ2n) is 5.82. The number of rotatable bonds is 5. The standard InChI is InChI=1S/C12H21BNO4/c14-12(11(16)17)6-7-4-8(15)5-9(7)10(12)2-1-3-13-18/h7-10,15,18H,1-6,14H2,(H,16,17)/t7-,8+,9-,10+,12+/m1/s1. The summed E-state index contributed by atoms with van der Waals surface area (Å²) in [6, 6.07) is 0. The van der Waals surface area contributed by atoms with Crippen LogP contribution in [0.4, 0.5) is 0 Å². The fraction of sp³-hybridized carbons (Fsp3) is 0.917. The van der Waals surface area contributed by atoms with E-state index in [0.29, 0.717) is 32.0 Å². The molecule has 2 rings (SSSR count). The Kier molecular flexibility index (Phi) is 3.99. The second kappa shape index (κ2) is 5.19. The summed E-state index contributed by atoms with van der Waals surface area (Å²) in [7, 11) is 1.11. The van der Waals surface area contributed by atoms with E-state index in [-0.39, 0.29) is 23.9 Å². The molecule has 2 fully saturated rings. The van der Waals surface area contributed by atoms with Crippen molar-refractivity contribution in [1.29, 1.82) is 0 Å². The summed E-state index contributed by atoms with van der Waals surface area (Å²) >= 11 is 0. The Morgan fingerprint density at radius 2 is 2.17 bits per heavy atom. The highest BCUT2D eigenvalue weighted by atomic mass is 16.4. The summed E-state index contributed by atoms with van der Waals surface area (Å²) in [6.07, 6.45) is 3.53. The van der Waals surface area contributed by atoms with Crippen molar-refractivity contribution in [3.05, 3.63) is 0 Å². The Hall–Kier alpha value is -0.585. The number of aliphatic hydroxyl groups excluding tert-OH is 1. The number of carbonyl (C=O) groups is 1. The summed E-state index contributed by atoms with van der Waals surface area (Å²) in [5.41, 5.74) is 4.96. The van der Waals surface area contributed by atoms with Crippen molar-refractivity contribution in [2.75, 3.05) is 0 Å². The Labute approximate surface area is 108 Å². The minimum Gasteiger partial charge on any atom is -0.480 e. The van der Waals surface area contributed by atoms with Crippen LogP contribution in [0.5, 0.6) is 0 Å². The smallest absolute Gasteiger partial charge is 0.323 e. The van der Waals surface area contributed by atoms with Gasteiger partial charge in [-0.2, -0.15) is 0 Å². The van der Waals surface area contributed by atoms with Gasteiger partial charge in [-0.25, -0.2) is 0 Å². The molecule has 1 radical (unpaired) electrons. The van der Waals surface area contributed by atoms with Gasteiger partial charge in [0, 0.05) is 0 Å². The topological polar surface area (TPSA) is 104 Å². The molecular formula is C12H21BNO4. The van der Waals surface area contributed by atoms with Gasteiger partial charge in [-0.1, -0.05) is 12.7 Å². The van der Waals surface area contributed by atoms with Crippen molar-refractivity contribution in [3.63, 3.8) is 0 Å². The molecule has 6 heteroatoms. The van der Waals surface area contributed by atoms with E-state index in [4.69, 9.17) is 10.8 Å². The highest BCUT2D eigenvalue weighted by Gasteiger charge is 2.57. The summed E-state index contributed by atoms with van der Waals surface area (Å²) in [4.78, 5) is 11.4. The van der Waals surface area contributed by atoms with Gasteiger partial charge < -0.3 is 21.0 Å². The van der Waals surface area contributed by atoms with Crippen LogP contribution in [0.2, 0.25) is 6.32 Å². The molecule has 2 saturated carbocycles. The largest absolute Gasteiger partial charge is 0.480 e. The first-order chi connectivity index (χ1) is 8.49. The van der Waals surface area contributed by atoms with Crippen molar-refractivity contribution in [3.8, 4) is 0 Å². The molecule has 0 spiro atoms. The third-order valence-corrected chi connectivity index (χ3v) is 4.75. The number of carboxylic acids is 1. The van der Waals surface area contributed by atoms with E-state index < -0.39 is 11.5 Å². The Morgan fingerprint density at radius 3 is 2.78 bits per heavy atom. The number of aliphatic carboxylic acids is 1. The fourth-order valence-electron chi connectivity index (χ4n) is 3.97. The van der Waals surface area contributed by atoms with E-state index in [9.17, 15) is 15.0 Å². The van der Waals surface area contributed by atoms with Gasteiger partial charge in [0.05, 0.1) is 6.10 Å². The lowest BCUT2D eigenvalue weighted by Crippen LogP contribution is -2.52. The molecule has 0 saturated heterocycles. The monoisotopic (exact) mass is 254 g/mol. The molecule has 5 N–H and O–H groups in total.